The van der Waals surface area contributed by atoms with Crippen molar-refractivity contribution >= 4 is 43.3 Å². The first-order valence-corrected chi connectivity index (χ1v) is 11.7. The first-order valence-electron chi connectivity index (χ1n) is 9.26. The Balaban J connectivity index is 2.02. The first kappa shape index (κ1) is 22.7. The molecule has 1 heterocycles. The van der Waals surface area contributed by atoms with E-state index in [9.17, 15) is 18.0 Å². The molecular formula is C21H22N2O6S2. The van der Waals surface area contributed by atoms with Crippen molar-refractivity contribution in [1.29, 1.82) is 0 Å². The van der Waals surface area contributed by atoms with E-state index < -0.39 is 27.5 Å². The molecule has 0 N–H and O–H groups in total. The summed E-state index contributed by atoms with van der Waals surface area (Å²) < 4.78 is 37.4. The number of methoxy groups -OCH3 is 2. The minimum atomic E-state index is -3.89. The van der Waals surface area contributed by atoms with Crippen LogP contribution in [-0.4, -0.2) is 44.8 Å². The number of aryl methyl sites for hydroxylation is 2. The van der Waals surface area contributed by atoms with Crippen molar-refractivity contribution in [2.75, 3.05) is 20.0 Å². The number of fused-ring (bicyclic) bond motifs is 1. The van der Waals surface area contributed by atoms with Gasteiger partial charge >= 0.3 is 5.97 Å². The zero-order valence-corrected chi connectivity index (χ0v) is 19.2. The summed E-state index contributed by atoms with van der Waals surface area (Å²) in [6.45, 7) is 3.71. The van der Waals surface area contributed by atoms with Crippen molar-refractivity contribution in [3.63, 3.8) is 0 Å². The van der Waals surface area contributed by atoms with E-state index in [0.29, 0.717) is 5.75 Å². The van der Waals surface area contributed by atoms with Crippen LogP contribution >= 0.6 is 11.3 Å². The van der Waals surface area contributed by atoms with Crippen molar-refractivity contribution in [2.24, 2.45) is 4.99 Å². The van der Waals surface area contributed by atoms with E-state index in [-0.39, 0.29) is 16.2 Å². The Labute approximate surface area is 183 Å². The Morgan fingerprint density at radius 1 is 1.10 bits per heavy atom. The van der Waals surface area contributed by atoms with Crippen LogP contribution in [-0.2, 0) is 30.7 Å². The molecule has 0 atom stereocenters. The third kappa shape index (κ3) is 5.02. The van der Waals surface area contributed by atoms with Gasteiger partial charge in [0.1, 0.15) is 18.0 Å². The Bertz CT molecular complexity index is 1320. The summed E-state index contributed by atoms with van der Waals surface area (Å²) in [6.07, 6.45) is 0. The minimum Gasteiger partial charge on any atom is -0.497 e. The fraction of sp³-hybridized carbons (Fsp3) is 0.286. The van der Waals surface area contributed by atoms with E-state index in [0.717, 1.165) is 21.3 Å². The largest absolute Gasteiger partial charge is 0.497 e. The summed E-state index contributed by atoms with van der Waals surface area (Å²) in [7, 11) is -1.13. The molecule has 0 radical (unpaired) electrons. The lowest BCUT2D eigenvalue weighted by molar-refractivity contribution is -0.141. The third-order valence-electron chi connectivity index (χ3n) is 4.58. The average Bonchev–Trinajstić information content (AvgIpc) is 3.04. The van der Waals surface area contributed by atoms with Crippen LogP contribution in [0.5, 0.6) is 5.75 Å². The number of amides is 1. The van der Waals surface area contributed by atoms with Crippen LogP contribution in [0.2, 0.25) is 0 Å². The highest BCUT2D eigenvalue weighted by molar-refractivity contribution is 7.92. The summed E-state index contributed by atoms with van der Waals surface area (Å²) >= 11 is 1.22. The summed E-state index contributed by atoms with van der Waals surface area (Å²) in [5.41, 5.74) is 2.69. The van der Waals surface area contributed by atoms with Gasteiger partial charge in [0, 0.05) is 0 Å². The third-order valence-corrected chi connectivity index (χ3v) is 7.43. The predicted octanol–water partition coefficient (Wildman–Crippen LogP) is 2.40. The number of hydrogen-bond donors (Lipinski definition) is 0. The zero-order chi connectivity index (χ0) is 22.8. The summed E-state index contributed by atoms with van der Waals surface area (Å²) in [4.78, 5) is 28.8. The molecule has 1 amide bonds. The number of hydrogen-bond acceptors (Lipinski definition) is 7. The van der Waals surface area contributed by atoms with Crippen molar-refractivity contribution < 1.29 is 27.5 Å². The van der Waals surface area contributed by atoms with Gasteiger partial charge in [-0.25, -0.2) is 8.42 Å². The molecule has 0 fully saturated rings. The van der Waals surface area contributed by atoms with Crippen LogP contribution in [0.4, 0.5) is 0 Å². The molecule has 1 aromatic heterocycles. The summed E-state index contributed by atoms with van der Waals surface area (Å²) in [5, 5.41) is 0. The van der Waals surface area contributed by atoms with Crippen LogP contribution in [0.3, 0.4) is 0 Å². The van der Waals surface area contributed by atoms with Crippen molar-refractivity contribution in [1.82, 2.24) is 4.57 Å². The van der Waals surface area contributed by atoms with E-state index >= 15 is 0 Å². The van der Waals surface area contributed by atoms with E-state index in [4.69, 9.17) is 9.47 Å². The van der Waals surface area contributed by atoms with Gasteiger partial charge in [0.05, 0.1) is 29.3 Å². The van der Waals surface area contributed by atoms with Gasteiger partial charge in [-0.3, -0.25) is 9.59 Å². The second kappa shape index (κ2) is 9.03. The number of carbonyl (C=O) groups excluding carboxylic acids is 2. The lowest BCUT2D eigenvalue weighted by Crippen LogP contribution is -2.24. The Morgan fingerprint density at radius 3 is 2.39 bits per heavy atom. The number of sulfone groups is 1. The van der Waals surface area contributed by atoms with Gasteiger partial charge in [-0.2, -0.15) is 4.99 Å². The van der Waals surface area contributed by atoms with Gasteiger partial charge in [0.2, 0.25) is 0 Å². The molecule has 0 spiro atoms. The summed E-state index contributed by atoms with van der Waals surface area (Å²) in [6, 6.07) is 9.65. The maximum Gasteiger partial charge on any atom is 0.325 e. The predicted molar refractivity (Wildman–Crippen MR) is 117 cm³/mol. The maximum absolute atomic E-state index is 12.6. The van der Waals surface area contributed by atoms with Gasteiger partial charge in [-0.15, -0.1) is 0 Å². The number of ether oxygens (including phenoxy) is 2. The number of nitrogens with zero attached hydrogens (tertiary/aromatic N) is 2. The van der Waals surface area contributed by atoms with Crippen LogP contribution in [0.25, 0.3) is 10.2 Å². The van der Waals surface area contributed by atoms with Crippen LogP contribution in [0, 0.1) is 13.8 Å². The Hall–Kier alpha value is -2.98. The second-order valence-corrected chi connectivity index (χ2v) is 9.88. The molecule has 0 saturated heterocycles. The molecule has 10 heteroatoms. The molecule has 0 saturated carbocycles. The lowest BCUT2D eigenvalue weighted by Gasteiger charge is -2.06. The molecule has 0 unspecified atom stereocenters. The number of carbonyl (C=O) groups is 2. The molecule has 0 bridgehead atoms. The molecular weight excluding hydrogens is 440 g/mol. The molecule has 0 aliphatic heterocycles. The highest BCUT2D eigenvalue weighted by Gasteiger charge is 2.20. The SMILES string of the molecule is COC(=O)Cn1c(=NC(=O)CS(=O)(=O)c2ccc(OC)cc2)sc2c(C)cc(C)cc21. The van der Waals surface area contributed by atoms with Crippen molar-refractivity contribution in [3.05, 3.63) is 52.3 Å². The standard InChI is InChI=1S/C21H22N2O6S2/c1-13-9-14(2)20-17(10-13)23(11-19(25)29-4)21(30-20)22-18(24)12-31(26,27)16-7-5-15(28-3)6-8-16/h5-10H,11-12H2,1-4H3. The van der Waals surface area contributed by atoms with Gasteiger partial charge in [-0.05, 0) is 55.3 Å². The molecule has 31 heavy (non-hydrogen) atoms. The van der Waals surface area contributed by atoms with E-state index in [1.807, 2.05) is 26.0 Å². The van der Waals surface area contributed by atoms with Gasteiger partial charge in [-0.1, -0.05) is 17.4 Å². The smallest absolute Gasteiger partial charge is 0.325 e. The second-order valence-electron chi connectivity index (χ2n) is 6.92. The van der Waals surface area contributed by atoms with Crippen LogP contribution in [0.15, 0.2) is 46.3 Å². The van der Waals surface area contributed by atoms with Gasteiger partial charge < -0.3 is 14.0 Å². The van der Waals surface area contributed by atoms with Crippen LogP contribution in [0.1, 0.15) is 11.1 Å². The van der Waals surface area contributed by atoms with Crippen molar-refractivity contribution in [3.8, 4) is 5.75 Å². The van der Waals surface area contributed by atoms with E-state index in [2.05, 4.69) is 4.99 Å². The van der Waals surface area contributed by atoms with Crippen LogP contribution < -0.4 is 9.54 Å². The molecule has 3 rings (SSSR count). The molecule has 0 aliphatic rings. The summed E-state index contributed by atoms with van der Waals surface area (Å²) in [5.74, 6) is -1.60. The normalized spacial score (nSPS) is 12.2. The molecule has 2 aromatic carbocycles. The molecule has 8 nitrogen and oxygen atoms in total. The molecule has 0 aliphatic carbocycles. The zero-order valence-electron chi connectivity index (χ0n) is 17.5. The monoisotopic (exact) mass is 462 g/mol. The lowest BCUT2D eigenvalue weighted by atomic mass is 10.1. The number of rotatable bonds is 6. The topological polar surface area (TPSA) is 104 Å². The molecule has 3 aromatic rings. The highest BCUT2D eigenvalue weighted by Crippen LogP contribution is 2.23. The highest BCUT2D eigenvalue weighted by atomic mass is 32.2. The number of thiazole rings is 1. The van der Waals surface area contributed by atoms with Crippen molar-refractivity contribution in [2.45, 2.75) is 25.3 Å². The fourth-order valence-electron chi connectivity index (χ4n) is 3.11. The quantitative estimate of drug-likeness (QED) is 0.521. The fourth-order valence-corrected chi connectivity index (χ4v) is 5.32. The van der Waals surface area contributed by atoms with E-state index in [1.54, 1.807) is 4.57 Å². The molecule has 164 valence electrons. The maximum atomic E-state index is 12.6. The number of esters is 1. The van der Waals surface area contributed by atoms with Gasteiger partial charge in [0.25, 0.3) is 5.91 Å². The Morgan fingerprint density at radius 2 is 1.77 bits per heavy atom. The van der Waals surface area contributed by atoms with Gasteiger partial charge in [0.15, 0.2) is 14.6 Å². The minimum absolute atomic E-state index is 0.00194. The Kier molecular flexibility index (Phi) is 6.61. The number of benzene rings is 2. The average molecular weight is 463 g/mol. The van der Waals surface area contributed by atoms with E-state index in [1.165, 1.54) is 49.8 Å². The number of aromatic nitrogens is 1. The first-order chi connectivity index (χ1) is 14.6.